The van der Waals surface area contributed by atoms with Crippen molar-refractivity contribution in [2.24, 2.45) is 22.9 Å². The van der Waals surface area contributed by atoms with Crippen LogP contribution in [0.15, 0.2) is 24.3 Å². The van der Waals surface area contributed by atoms with Gasteiger partial charge in [-0.05, 0) is 63.8 Å². The van der Waals surface area contributed by atoms with Crippen LogP contribution in [0, 0.1) is 10.8 Å². The fraction of sp³-hybridized carbons (Fsp3) is 0.562. The maximum absolute atomic E-state index is 14.1. The van der Waals surface area contributed by atoms with Gasteiger partial charge in [-0.25, -0.2) is 0 Å². The van der Waals surface area contributed by atoms with Crippen molar-refractivity contribution >= 4 is 47.4 Å². The molecule has 1 rings (SSSR count). The second-order valence-corrected chi connectivity index (χ2v) is 12.4. The number of benzene rings is 1. The molecule has 0 aromatic heterocycles. The van der Waals surface area contributed by atoms with E-state index in [4.69, 9.17) is 33.8 Å². The molecular weight excluding hydrogens is 694 g/mol. The van der Waals surface area contributed by atoms with E-state index in [2.05, 4.69) is 31.9 Å². The number of rotatable bonds is 24. The summed E-state index contributed by atoms with van der Waals surface area (Å²) in [7, 11) is 2.74. The van der Waals surface area contributed by atoms with Gasteiger partial charge in [-0.15, -0.1) is 0 Å². The van der Waals surface area contributed by atoms with Crippen LogP contribution >= 0.6 is 0 Å². The van der Waals surface area contributed by atoms with Crippen LogP contribution in [-0.2, 0) is 35.2 Å². The number of guanidine groups is 2. The number of aliphatic hydroxyl groups is 1. The average Bonchev–Trinajstić information content (AvgIpc) is 3.07. The van der Waals surface area contributed by atoms with Crippen LogP contribution in [0.25, 0.3) is 0 Å². The Balaban J connectivity index is 3.40. The first kappa shape index (κ1) is 45.3. The molecular formula is C32H55N13O8. The normalized spacial score (nSPS) is 14.2. The molecule has 0 saturated carbocycles. The average molecular weight is 750 g/mol. The van der Waals surface area contributed by atoms with Gasteiger partial charge in [0, 0.05) is 33.0 Å². The van der Waals surface area contributed by atoms with Crippen LogP contribution in [0.4, 0.5) is 0 Å². The van der Waals surface area contributed by atoms with Gasteiger partial charge in [0.15, 0.2) is 11.9 Å². The number of hydrogen-bond acceptors (Lipinski definition) is 11. The van der Waals surface area contributed by atoms with Gasteiger partial charge < -0.3 is 69.9 Å². The Morgan fingerprint density at radius 2 is 1.30 bits per heavy atom. The summed E-state index contributed by atoms with van der Waals surface area (Å²) < 4.78 is 0. The predicted molar refractivity (Wildman–Crippen MR) is 195 cm³/mol. The fourth-order valence-electron chi connectivity index (χ4n) is 5.24. The quantitative estimate of drug-likeness (QED) is 0.0269. The van der Waals surface area contributed by atoms with Crippen LogP contribution in [0.3, 0.4) is 0 Å². The van der Waals surface area contributed by atoms with E-state index in [0.717, 1.165) is 4.90 Å². The topological polar surface area (TPSA) is 370 Å². The van der Waals surface area contributed by atoms with Crippen molar-refractivity contribution in [2.45, 2.75) is 88.2 Å². The summed E-state index contributed by atoms with van der Waals surface area (Å²) >= 11 is 0. The molecule has 0 aliphatic heterocycles. The third-order valence-corrected chi connectivity index (χ3v) is 8.11. The second kappa shape index (κ2) is 23.0. The van der Waals surface area contributed by atoms with Crippen molar-refractivity contribution in [3.8, 4) is 5.75 Å². The number of amides is 6. The molecule has 0 fully saturated rings. The first-order valence-electron chi connectivity index (χ1n) is 16.9. The summed E-state index contributed by atoms with van der Waals surface area (Å²) in [6, 6.07) is -0.365. The lowest BCUT2D eigenvalue weighted by Gasteiger charge is -2.32. The van der Waals surface area contributed by atoms with Crippen molar-refractivity contribution < 1.29 is 39.0 Å². The van der Waals surface area contributed by atoms with E-state index in [1.54, 1.807) is 12.1 Å². The van der Waals surface area contributed by atoms with Crippen LogP contribution < -0.4 is 54.8 Å². The van der Waals surface area contributed by atoms with Gasteiger partial charge in [-0.2, -0.15) is 0 Å². The standard InChI is InChI=1S/C32H55N13O8/c1-17(46)25(39-2)29(52)42-20(6-4-14-40-31(35)36)27(50)43-21(12-13-24(33)48)30(53)45(3)23(7-5-15-41-32(37)38)28(51)44-22(26(34)49)16-18-8-10-19(47)11-9-18/h8-11,17,20-23,25,39,46-47H,4-7,12-16H2,1-3H3,(H2,33,48)(H2,34,49)(H,42,52)(H,43,50)(H,44,51)(H4,35,36,40)(H4,37,38,41)/t17-,20+,21+,22?,23+,25+/m1/s1. The van der Waals surface area contributed by atoms with Crippen LogP contribution in [0.1, 0.15) is 51.0 Å². The van der Waals surface area contributed by atoms with E-state index in [1.165, 1.54) is 33.2 Å². The number of nitrogens with zero attached hydrogens (tertiary/aromatic N) is 1. The number of phenolic OH excluding ortho intramolecular Hbond substituents is 1. The van der Waals surface area contributed by atoms with E-state index < -0.39 is 71.8 Å². The molecule has 53 heavy (non-hydrogen) atoms. The molecule has 6 atom stereocenters. The molecule has 18 N–H and O–H groups in total. The van der Waals surface area contributed by atoms with Gasteiger partial charge in [0.25, 0.3) is 0 Å². The summed E-state index contributed by atoms with van der Waals surface area (Å²) in [5.41, 5.74) is 22.2. The van der Waals surface area contributed by atoms with E-state index in [0.29, 0.717) is 5.56 Å². The van der Waals surface area contributed by atoms with Crippen molar-refractivity contribution in [2.75, 3.05) is 27.2 Å². The van der Waals surface area contributed by atoms with Crippen molar-refractivity contribution in [1.82, 2.24) is 36.8 Å². The number of carbonyl (C=O) groups is 6. The number of aromatic hydroxyl groups is 1. The molecule has 1 aromatic rings. The highest BCUT2D eigenvalue weighted by Crippen LogP contribution is 2.14. The fourth-order valence-corrected chi connectivity index (χ4v) is 5.24. The minimum absolute atomic E-state index is 0.00435. The Hall–Kier alpha value is -5.70. The molecule has 0 bridgehead atoms. The zero-order valence-corrected chi connectivity index (χ0v) is 30.2. The summed E-state index contributed by atoms with van der Waals surface area (Å²) in [6.45, 7) is 1.69. The van der Waals surface area contributed by atoms with Crippen molar-refractivity contribution in [1.29, 1.82) is 10.8 Å². The highest BCUT2D eigenvalue weighted by Gasteiger charge is 2.35. The van der Waals surface area contributed by atoms with Gasteiger partial charge >= 0.3 is 0 Å². The maximum Gasteiger partial charge on any atom is 0.245 e. The van der Waals surface area contributed by atoms with Crippen LogP contribution in [0.2, 0.25) is 0 Å². The number of phenols is 1. The number of primary amides is 2. The third-order valence-electron chi connectivity index (χ3n) is 8.11. The number of hydrogen-bond donors (Lipinski definition) is 14. The zero-order chi connectivity index (χ0) is 40.2. The number of nitrogens with two attached hydrogens (primary N) is 4. The molecule has 0 aliphatic carbocycles. The molecule has 0 aliphatic rings. The highest BCUT2D eigenvalue weighted by atomic mass is 16.3. The third kappa shape index (κ3) is 16.9. The van der Waals surface area contributed by atoms with Crippen molar-refractivity contribution in [3.63, 3.8) is 0 Å². The largest absolute Gasteiger partial charge is 0.508 e. The number of nitrogens with one attached hydrogen (secondary N) is 8. The first-order chi connectivity index (χ1) is 24.9. The Bertz CT molecular complexity index is 1430. The minimum Gasteiger partial charge on any atom is -0.508 e. The lowest BCUT2D eigenvalue weighted by atomic mass is 10.0. The van der Waals surface area contributed by atoms with Gasteiger partial charge in [0.1, 0.15) is 36.0 Å². The van der Waals surface area contributed by atoms with E-state index in [9.17, 15) is 39.0 Å². The van der Waals surface area contributed by atoms with Crippen LogP contribution in [0.5, 0.6) is 5.75 Å². The first-order valence-corrected chi connectivity index (χ1v) is 16.9. The molecule has 0 heterocycles. The maximum atomic E-state index is 14.1. The van der Waals surface area contributed by atoms with Gasteiger partial charge in [0.05, 0.1) is 6.10 Å². The lowest BCUT2D eigenvalue weighted by molar-refractivity contribution is -0.143. The highest BCUT2D eigenvalue weighted by molar-refractivity contribution is 5.96. The lowest BCUT2D eigenvalue weighted by Crippen LogP contribution is -2.60. The number of aliphatic hydroxyl groups excluding tert-OH is 1. The molecule has 0 radical (unpaired) electrons. The number of carbonyl (C=O) groups excluding carboxylic acids is 6. The summed E-state index contributed by atoms with van der Waals surface area (Å²) in [6.07, 6.45) is -1.35. The monoisotopic (exact) mass is 749 g/mol. The zero-order valence-electron chi connectivity index (χ0n) is 30.2. The molecule has 1 aromatic carbocycles. The van der Waals surface area contributed by atoms with E-state index >= 15 is 0 Å². The SMILES string of the molecule is CN[C@H](C(=O)N[C@@H](CCCNC(=N)N)C(=O)N[C@@H](CCC(N)=O)C(=O)N(C)[C@@H](CCCNC(=N)N)C(=O)NC(Cc1ccc(O)cc1)C(N)=O)[C@@H](C)O. The van der Waals surface area contributed by atoms with Crippen LogP contribution in [-0.4, -0.2) is 126 Å². The molecule has 0 saturated heterocycles. The molecule has 21 heteroatoms. The smallest absolute Gasteiger partial charge is 0.245 e. The summed E-state index contributed by atoms with van der Waals surface area (Å²) in [4.78, 5) is 79.7. The Morgan fingerprint density at radius 3 is 1.79 bits per heavy atom. The molecule has 6 amide bonds. The molecule has 0 spiro atoms. The Morgan fingerprint density at radius 1 is 0.774 bits per heavy atom. The predicted octanol–water partition coefficient (Wildman–Crippen LogP) is -4.54. The molecule has 21 nitrogen and oxygen atoms in total. The number of likely N-dealkylation sites (N-methyl/N-ethyl adjacent to an activating group) is 2. The Kier molecular flexibility index (Phi) is 19.7. The van der Waals surface area contributed by atoms with E-state index in [-0.39, 0.29) is 75.7 Å². The Labute approximate surface area is 307 Å². The second-order valence-electron chi connectivity index (χ2n) is 12.4. The van der Waals surface area contributed by atoms with Gasteiger partial charge in [0.2, 0.25) is 35.4 Å². The summed E-state index contributed by atoms with van der Waals surface area (Å²) in [5, 5.41) is 49.9. The van der Waals surface area contributed by atoms with Gasteiger partial charge in [-0.3, -0.25) is 39.6 Å². The van der Waals surface area contributed by atoms with E-state index in [1.807, 2.05) is 0 Å². The van der Waals surface area contributed by atoms with Gasteiger partial charge in [-0.1, -0.05) is 12.1 Å². The summed E-state index contributed by atoms with van der Waals surface area (Å²) in [5.74, 6) is -5.41. The minimum atomic E-state index is -1.43. The van der Waals surface area contributed by atoms with Crippen molar-refractivity contribution in [3.05, 3.63) is 29.8 Å². The molecule has 1 unspecified atom stereocenters. The molecule has 296 valence electrons.